The second-order valence-corrected chi connectivity index (χ2v) is 9.03. The van der Waals surface area contributed by atoms with E-state index in [1.54, 1.807) is 20.8 Å². The van der Waals surface area contributed by atoms with Crippen LogP contribution in [-0.2, 0) is 14.8 Å². The first kappa shape index (κ1) is 20.4. The molecule has 146 valence electrons. The number of rotatable bonds is 7. The standard InChI is InChI=1S/C16H24N3O6S/c1-15(2,3)25-14(20)18-16(8-9-16)10-11-17-26(23,24)13-7-5-4-6-12(13)19(21)22/h4-7,17,21H,8-11H2,1-3H3,(H,18,20)/q-1. The number of alkyl carbamates (subject to hydrolysis) is 1. The summed E-state index contributed by atoms with van der Waals surface area (Å²) in [4.78, 5) is 11.6. The summed E-state index contributed by atoms with van der Waals surface area (Å²) in [5.74, 6) is 0. The fourth-order valence-corrected chi connectivity index (χ4v) is 3.66. The molecule has 0 spiro atoms. The van der Waals surface area contributed by atoms with Gasteiger partial charge in [0.2, 0.25) is 10.0 Å². The number of ether oxygens (including phenoxy) is 1. The summed E-state index contributed by atoms with van der Waals surface area (Å²) in [7, 11) is -3.98. The Bertz CT molecular complexity index is 753. The zero-order valence-corrected chi connectivity index (χ0v) is 15.8. The van der Waals surface area contributed by atoms with Gasteiger partial charge in [-0.05, 0) is 52.2 Å². The topological polar surface area (TPSA) is 131 Å². The van der Waals surface area contributed by atoms with Gasteiger partial charge < -0.3 is 20.5 Å². The smallest absolute Gasteiger partial charge is 0.408 e. The van der Waals surface area contributed by atoms with Gasteiger partial charge in [0.1, 0.15) is 10.5 Å². The van der Waals surface area contributed by atoms with Crippen molar-refractivity contribution in [1.29, 1.82) is 0 Å². The van der Waals surface area contributed by atoms with E-state index in [1.807, 2.05) is 0 Å². The zero-order valence-electron chi connectivity index (χ0n) is 15.0. The number of sulfonamides is 1. The van der Waals surface area contributed by atoms with Crippen molar-refractivity contribution in [2.24, 2.45) is 0 Å². The molecule has 1 aromatic carbocycles. The number of hydrogen-bond donors (Lipinski definition) is 3. The van der Waals surface area contributed by atoms with Gasteiger partial charge in [-0.2, -0.15) is 0 Å². The number of benzene rings is 1. The molecule has 0 atom stereocenters. The van der Waals surface area contributed by atoms with E-state index < -0.39 is 32.5 Å². The predicted molar refractivity (Wildman–Crippen MR) is 95.2 cm³/mol. The molecule has 1 aromatic rings. The summed E-state index contributed by atoms with van der Waals surface area (Å²) >= 11 is 0. The van der Waals surface area contributed by atoms with Gasteiger partial charge in [-0.3, -0.25) is 5.21 Å². The summed E-state index contributed by atoms with van der Waals surface area (Å²) in [6.45, 7) is 5.35. The number of nitrogens with one attached hydrogen (secondary N) is 2. The fourth-order valence-electron chi connectivity index (χ4n) is 2.45. The average Bonchev–Trinajstić information content (AvgIpc) is 3.24. The highest BCUT2D eigenvalue weighted by molar-refractivity contribution is 7.89. The SMILES string of the molecule is CC(C)(C)OC(=O)NC1(CCNS(=O)(=O)c2ccccc2N([O-])O)CC1. The van der Waals surface area contributed by atoms with Gasteiger partial charge in [-0.25, -0.2) is 17.9 Å². The maximum Gasteiger partial charge on any atom is 0.408 e. The van der Waals surface area contributed by atoms with Crippen LogP contribution in [0.15, 0.2) is 29.2 Å². The number of nitrogens with zero attached hydrogens (tertiary/aromatic N) is 1. The molecule has 10 heteroatoms. The van der Waals surface area contributed by atoms with Crippen LogP contribution in [-0.4, -0.2) is 37.4 Å². The third-order valence-corrected chi connectivity index (χ3v) is 5.38. The lowest BCUT2D eigenvalue weighted by atomic mass is 10.2. The first-order chi connectivity index (χ1) is 11.9. The Balaban J connectivity index is 1.94. The molecule has 3 N–H and O–H groups in total. The van der Waals surface area contributed by atoms with Crippen LogP contribution in [0.4, 0.5) is 10.5 Å². The minimum atomic E-state index is -3.98. The Morgan fingerprint density at radius 3 is 2.50 bits per heavy atom. The molecular formula is C16H24N3O6S-. The van der Waals surface area contributed by atoms with Crippen molar-refractivity contribution in [2.75, 3.05) is 11.8 Å². The van der Waals surface area contributed by atoms with Crippen LogP contribution in [0.5, 0.6) is 0 Å². The van der Waals surface area contributed by atoms with E-state index in [1.165, 1.54) is 24.3 Å². The van der Waals surface area contributed by atoms with Gasteiger partial charge in [-0.1, -0.05) is 12.1 Å². The first-order valence-electron chi connectivity index (χ1n) is 8.20. The Morgan fingerprint density at radius 1 is 1.35 bits per heavy atom. The van der Waals surface area contributed by atoms with E-state index in [-0.39, 0.29) is 17.1 Å². The second-order valence-electron chi connectivity index (χ2n) is 7.30. The lowest BCUT2D eigenvalue weighted by molar-refractivity contribution is 0.0494. The van der Waals surface area contributed by atoms with Crippen LogP contribution in [0.2, 0.25) is 0 Å². The lowest BCUT2D eigenvalue weighted by Crippen LogP contribution is -2.42. The summed E-state index contributed by atoms with van der Waals surface area (Å²) in [6.07, 6.45) is 1.31. The highest BCUT2D eigenvalue weighted by Crippen LogP contribution is 2.38. The van der Waals surface area contributed by atoms with Crippen molar-refractivity contribution in [3.05, 3.63) is 29.5 Å². The molecule has 1 aliphatic carbocycles. The van der Waals surface area contributed by atoms with E-state index in [0.29, 0.717) is 6.42 Å². The van der Waals surface area contributed by atoms with Crippen LogP contribution in [0.1, 0.15) is 40.0 Å². The summed E-state index contributed by atoms with van der Waals surface area (Å²) in [5, 5.41) is 22.5. The molecule has 2 rings (SSSR count). The number of anilines is 1. The molecule has 1 fully saturated rings. The number of hydrogen-bond acceptors (Lipinski definition) is 7. The molecule has 1 amide bonds. The number of para-hydroxylation sites is 1. The lowest BCUT2D eigenvalue weighted by Gasteiger charge is -2.25. The highest BCUT2D eigenvalue weighted by Gasteiger charge is 2.44. The Hall–Kier alpha value is -1.88. The van der Waals surface area contributed by atoms with Crippen molar-refractivity contribution in [1.82, 2.24) is 10.0 Å². The zero-order chi connectivity index (χ0) is 19.6. The third kappa shape index (κ3) is 5.56. The Labute approximate surface area is 152 Å². The van der Waals surface area contributed by atoms with Gasteiger partial charge in [0.25, 0.3) is 0 Å². The minimum absolute atomic E-state index is 0.0662. The van der Waals surface area contributed by atoms with E-state index in [2.05, 4.69) is 10.0 Å². The molecular weight excluding hydrogens is 362 g/mol. The third-order valence-electron chi connectivity index (χ3n) is 3.88. The molecule has 0 unspecified atom stereocenters. The van der Waals surface area contributed by atoms with Crippen LogP contribution in [0.3, 0.4) is 0 Å². The largest absolute Gasteiger partial charge is 0.733 e. The van der Waals surface area contributed by atoms with E-state index in [4.69, 9.17) is 9.94 Å². The fraction of sp³-hybridized carbons (Fsp3) is 0.562. The van der Waals surface area contributed by atoms with Crippen LogP contribution >= 0.6 is 0 Å². The summed E-state index contributed by atoms with van der Waals surface area (Å²) in [5.41, 5.74) is -1.46. The monoisotopic (exact) mass is 386 g/mol. The number of amides is 1. The van der Waals surface area contributed by atoms with Crippen molar-refractivity contribution >= 4 is 21.8 Å². The summed E-state index contributed by atoms with van der Waals surface area (Å²) in [6, 6.07) is 5.33. The average molecular weight is 386 g/mol. The maximum absolute atomic E-state index is 12.4. The van der Waals surface area contributed by atoms with E-state index in [0.717, 1.165) is 12.8 Å². The quantitative estimate of drug-likeness (QED) is 0.612. The normalized spacial score (nSPS) is 16.0. The van der Waals surface area contributed by atoms with Crippen LogP contribution in [0.25, 0.3) is 0 Å². The molecule has 1 saturated carbocycles. The van der Waals surface area contributed by atoms with E-state index >= 15 is 0 Å². The minimum Gasteiger partial charge on any atom is -0.733 e. The van der Waals surface area contributed by atoms with Gasteiger partial charge in [-0.15, -0.1) is 0 Å². The van der Waals surface area contributed by atoms with Gasteiger partial charge in [0.15, 0.2) is 0 Å². The van der Waals surface area contributed by atoms with Crippen molar-refractivity contribution in [3.63, 3.8) is 0 Å². The molecule has 1 aliphatic rings. The molecule has 0 bridgehead atoms. The summed E-state index contributed by atoms with van der Waals surface area (Å²) < 4.78 is 32.4. The van der Waals surface area contributed by atoms with Gasteiger partial charge in [0.05, 0.1) is 5.69 Å². The molecule has 0 saturated heterocycles. The van der Waals surface area contributed by atoms with E-state index in [9.17, 15) is 18.4 Å². The molecule has 0 aliphatic heterocycles. The van der Waals surface area contributed by atoms with Gasteiger partial charge in [0, 0.05) is 12.1 Å². The molecule has 0 radical (unpaired) electrons. The van der Waals surface area contributed by atoms with Crippen LogP contribution < -0.4 is 15.3 Å². The highest BCUT2D eigenvalue weighted by atomic mass is 32.2. The van der Waals surface area contributed by atoms with Crippen molar-refractivity contribution in [3.8, 4) is 0 Å². The Kier molecular flexibility index (Phi) is 5.81. The molecule has 9 nitrogen and oxygen atoms in total. The van der Waals surface area contributed by atoms with Crippen molar-refractivity contribution in [2.45, 2.75) is 56.1 Å². The first-order valence-corrected chi connectivity index (χ1v) is 9.68. The van der Waals surface area contributed by atoms with Crippen molar-refractivity contribution < 1.29 is 23.2 Å². The predicted octanol–water partition coefficient (Wildman–Crippen LogP) is 2.11. The van der Waals surface area contributed by atoms with Gasteiger partial charge >= 0.3 is 6.09 Å². The number of carbonyl (C=O) groups excluding carboxylic acids is 1. The Morgan fingerprint density at radius 2 is 1.96 bits per heavy atom. The number of carbonyl (C=O) groups is 1. The molecule has 0 heterocycles. The molecule has 0 aromatic heterocycles. The maximum atomic E-state index is 12.4. The molecule has 26 heavy (non-hydrogen) atoms. The second kappa shape index (κ2) is 7.39. The van der Waals surface area contributed by atoms with Crippen LogP contribution in [0, 0.1) is 5.21 Å².